The van der Waals surface area contributed by atoms with Gasteiger partial charge in [0, 0.05) is 61.5 Å². The maximum Gasteiger partial charge on any atom is 0.173 e. The lowest BCUT2D eigenvalue weighted by molar-refractivity contribution is 0.243. The van der Waals surface area contributed by atoms with Crippen LogP contribution in [-0.2, 0) is 19.5 Å². The Kier molecular flexibility index (Phi) is 4.20. The van der Waals surface area contributed by atoms with Gasteiger partial charge in [-0.2, -0.15) is 0 Å². The molecule has 0 unspecified atom stereocenters. The second kappa shape index (κ2) is 6.85. The van der Waals surface area contributed by atoms with Crippen LogP contribution in [0.25, 0.3) is 10.9 Å². The molecule has 4 heterocycles. The molecule has 2 aliphatic rings. The van der Waals surface area contributed by atoms with Gasteiger partial charge in [0.15, 0.2) is 5.82 Å². The van der Waals surface area contributed by atoms with Gasteiger partial charge in [0.2, 0.25) is 0 Å². The van der Waals surface area contributed by atoms with E-state index in [0.29, 0.717) is 0 Å². The van der Waals surface area contributed by atoms with Gasteiger partial charge in [0.1, 0.15) is 5.82 Å². The Bertz CT molecular complexity index is 1020. The zero-order valence-electron chi connectivity index (χ0n) is 15.2. The number of hydrogen-bond acceptors (Lipinski definition) is 4. The van der Waals surface area contributed by atoms with Crippen LogP contribution in [0, 0.1) is 5.82 Å². The maximum atomic E-state index is 13.6. The van der Waals surface area contributed by atoms with E-state index in [1.54, 1.807) is 12.1 Å². The highest BCUT2D eigenvalue weighted by molar-refractivity contribution is 5.97. The van der Waals surface area contributed by atoms with Crippen LogP contribution >= 0.6 is 0 Å². The number of aliphatic imine (C=N–C) groups is 1. The smallest absolute Gasteiger partial charge is 0.173 e. The third-order valence-electron chi connectivity index (χ3n) is 5.52. The van der Waals surface area contributed by atoms with Crippen molar-refractivity contribution < 1.29 is 4.39 Å². The van der Waals surface area contributed by atoms with E-state index in [1.165, 1.54) is 24.5 Å². The molecule has 0 spiro atoms. The molecule has 1 aromatic carbocycles. The molecule has 3 aromatic rings. The zero-order valence-corrected chi connectivity index (χ0v) is 15.2. The van der Waals surface area contributed by atoms with Gasteiger partial charge in [0.25, 0.3) is 0 Å². The van der Waals surface area contributed by atoms with Crippen molar-refractivity contribution in [1.82, 2.24) is 19.9 Å². The van der Waals surface area contributed by atoms with Crippen molar-refractivity contribution in [2.24, 2.45) is 4.99 Å². The number of aromatic nitrogens is 3. The highest BCUT2D eigenvalue weighted by Gasteiger charge is 2.21. The van der Waals surface area contributed by atoms with Crippen LogP contribution in [0.2, 0.25) is 0 Å². The molecule has 5 nitrogen and oxygen atoms in total. The highest BCUT2D eigenvalue weighted by atomic mass is 19.1. The van der Waals surface area contributed by atoms with Gasteiger partial charge in [-0.15, -0.1) is 0 Å². The predicted molar refractivity (Wildman–Crippen MR) is 103 cm³/mol. The van der Waals surface area contributed by atoms with Gasteiger partial charge >= 0.3 is 0 Å². The largest absolute Gasteiger partial charge is 0.361 e. The number of nitrogens with one attached hydrogen (secondary N) is 1. The molecule has 27 heavy (non-hydrogen) atoms. The summed E-state index contributed by atoms with van der Waals surface area (Å²) in [7, 11) is 0. The van der Waals surface area contributed by atoms with Crippen LogP contribution in [0.4, 0.5) is 4.39 Å². The normalized spacial score (nSPS) is 17.7. The predicted octanol–water partition coefficient (Wildman–Crippen LogP) is 3.63. The Balaban J connectivity index is 1.35. The fourth-order valence-corrected chi connectivity index (χ4v) is 4.05. The van der Waals surface area contributed by atoms with Crippen LogP contribution in [0.15, 0.2) is 35.6 Å². The fourth-order valence-electron chi connectivity index (χ4n) is 4.05. The maximum absolute atomic E-state index is 13.6. The van der Waals surface area contributed by atoms with E-state index in [0.717, 1.165) is 72.7 Å². The standard InChI is InChI=1S/C21H22FN5/c22-16-4-5-19-17(9-16)14(10-24-19)12-27-8-6-18-15(13-27)11-25-21(26-18)20-3-1-2-7-23-20/h4-5,9-11,24H,1-3,6-8,12-13H2. The van der Waals surface area contributed by atoms with Gasteiger partial charge in [-0.1, -0.05) is 0 Å². The van der Waals surface area contributed by atoms with Crippen molar-refractivity contribution in [3.05, 3.63) is 59.1 Å². The Morgan fingerprint density at radius 3 is 3.04 bits per heavy atom. The van der Waals surface area contributed by atoms with E-state index >= 15 is 0 Å². The Morgan fingerprint density at radius 1 is 1.19 bits per heavy atom. The molecule has 0 atom stereocenters. The Hall–Kier alpha value is -2.60. The summed E-state index contributed by atoms with van der Waals surface area (Å²) in [6.45, 7) is 3.45. The molecule has 138 valence electrons. The topological polar surface area (TPSA) is 57.2 Å². The van der Waals surface area contributed by atoms with E-state index in [2.05, 4.69) is 19.9 Å². The van der Waals surface area contributed by atoms with E-state index in [1.807, 2.05) is 12.4 Å². The van der Waals surface area contributed by atoms with Gasteiger partial charge < -0.3 is 4.98 Å². The molecule has 2 aromatic heterocycles. The number of benzene rings is 1. The molecule has 6 heteroatoms. The van der Waals surface area contributed by atoms with Crippen molar-refractivity contribution in [1.29, 1.82) is 0 Å². The van der Waals surface area contributed by atoms with Crippen LogP contribution in [0.3, 0.4) is 0 Å². The van der Waals surface area contributed by atoms with E-state index in [9.17, 15) is 4.39 Å². The molecule has 2 aliphatic heterocycles. The van der Waals surface area contributed by atoms with E-state index in [4.69, 9.17) is 4.98 Å². The fraction of sp³-hybridized carbons (Fsp3) is 0.381. The summed E-state index contributed by atoms with van der Waals surface area (Å²) in [4.78, 5) is 19.6. The first kappa shape index (κ1) is 16.6. The molecular formula is C21H22FN5. The molecule has 0 fully saturated rings. The molecular weight excluding hydrogens is 341 g/mol. The Labute approximate surface area is 157 Å². The molecule has 0 radical (unpaired) electrons. The molecule has 1 N–H and O–H groups in total. The number of hydrogen-bond donors (Lipinski definition) is 1. The number of nitrogens with zero attached hydrogens (tertiary/aromatic N) is 4. The summed E-state index contributed by atoms with van der Waals surface area (Å²) in [5.74, 6) is 0.618. The summed E-state index contributed by atoms with van der Waals surface area (Å²) in [6.07, 6.45) is 8.20. The number of fused-ring (bicyclic) bond motifs is 2. The number of halogens is 1. The molecule has 5 rings (SSSR count). The van der Waals surface area contributed by atoms with Gasteiger partial charge in [0.05, 0.1) is 11.4 Å². The first-order chi connectivity index (χ1) is 13.3. The van der Waals surface area contributed by atoms with Crippen LogP contribution in [0.1, 0.15) is 41.9 Å². The van der Waals surface area contributed by atoms with Crippen LogP contribution in [0.5, 0.6) is 0 Å². The summed E-state index contributed by atoms with van der Waals surface area (Å²) < 4.78 is 13.6. The number of H-pyrrole nitrogens is 1. The lowest BCUT2D eigenvalue weighted by Gasteiger charge is -2.28. The molecule has 0 saturated heterocycles. The second-order valence-electron chi connectivity index (χ2n) is 7.42. The SMILES string of the molecule is Fc1ccc2[nH]cc(CN3CCc4nc(C5=NCCCC5)ncc4C3)c2c1. The highest BCUT2D eigenvalue weighted by Crippen LogP contribution is 2.24. The zero-order chi connectivity index (χ0) is 18.2. The monoisotopic (exact) mass is 363 g/mol. The first-order valence-electron chi connectivity index (χ1n) is 9.62. The third-order valence-corrected chi connectivity index (χ3v) is 5.52. The van der Waals surface area contributed by atoms with Crippen molar-refractivity contribution in [2.75, 3.05) is 13.1 Å². The third kappa shape index (κ3) is 3.25. The quantitative estimate of drug-likeness (QED) is 0.773. The Morgan fingerprint density at radius 2 is 2.15 bits per heavy atom. The minimum absolute atomic E-state index is 0.195. The average Bonchev–Trinajstić information content (AvgIpc) is 3.10. The summed E-state index contributed by atoms with van der Waals surface area (Å²) in [5, 5.41) is 0.961. The molecule has 0 saturated carbocycles. The van der Waals surface area contributed by atoms with Gasteiger partial charge in [-0.3, -0.25) is 9.89 Å². The second-order valence-corrected chi connectivity index (χ2v) is 7.42. The minimum atomic E-state index is -0.195. The molecule has 0 amide bonds. The molecule has 0 bridgehead atoms. The lowest BCUT2D eigenvalue weighted by atomic mass is 10.0. The van der Waals surface area contributed by atoms with Gasteiger partial charge in [-0.05, 0) is 43.0 Å². The first-order valence-corrected chi connectivity index (χ1v) is 9.62. The number of rotatable bonds is 3. The van der Waals surface area contributed by atoms with Crippen molar-refractivity contribution in [2.45, 2.75) is 38.8 Å². The van der Waals surface area contributed by atoms with Crippen molar-refractivity contribution in [3.63, 3.8) is 0 Å². The van der Waals surface area contributed by atoms with Crippen molar-refractivity contribution in [3.8, 4) is 0 Å². The summed E-state index contributed by atoms with van der Waals surface area (Å²) in [5.41, 5.74) is 5.50. The lowest BCUT2D eigenvalue weighted by Crippen LogP contribution is -2.31. The molecule has 0 aliphatic carbocycles. The van der Waals surface area contributed by atoms with Crippen LogP contribution < -0.4 is 0 Å². The summed E-state index contributed by atoms with van der Waals surface area (Å²) >= 11 is 0. The summed E-state index contributed by atoms with van der Waals surface area (Å²) in [6, 6.07) is 4.90. The van der Waals surface area contributed by atoms with E-state index in [-0.39, 0.29) is 5.82 Å². The minimum Gasteiger partial charge on any atom is -0.361 e. The average molecular weight is 363 g/mol. The van der Waals surface area contributed by atoms with E-state index < -0.39 is 0 Å². The van der Waals surface area contributed by atoms with Gasteiger partial charge in [-0.25, -0.2) is 14.4 Å². The van der Waals surface area contributed by atoms with Crippen LogP contribution in [-0.4, -0.2) is 38.7 Å². The van der Waals surface area contributed by atoms with Crippen molar-refractivity contribution >= 4 is 16.6 Å². The number of aromatic amines is 1.